The number of carbonyl (C=O) groups excluding carboxylic acids is 1. The maximum absolute atomic E-state index is 12.6. The van der Waals surface area contributed by atoms with E-state index in [9.17, 15) is 4.79 Å². The Labute approximate surface area is 154 Å². The predicted molar refractivity (Wildman–Crippen MR) is 98.6 cm³/mol. The molecule has 2 fully saturated rings. The second-order valence-electron chi connectivity index (χ2n) is 6.87. The van der Waals surface area contributed by atoms with Crippen LogP contribution >= 0.6 is 24.0 Å². The number of fused-ring (bicyclic) bond motifs is 2. The summed E-state index contributed by atoms with van der Waals surface area (Å²) in [5, 5.41) is 3.69. The van der Waals surface area contributed by atoms with Crippen molar-refractivity contribution >= 4 is 29.9 Å². The van der Waals surface area contributed by atoms with Gasteiger partial charge in [-0.3, -0.25) is 4.79 Å². The molecule has 2 aliphatic carbocycles. The molecule has 0 aliphatic heterocycles. The van der Waals surface area contributed by atoms with E-state index in [0.29, 0.717) is 35.2 Å². The molecule has 0 aromatic heterocycles. The molecule has 2 saturated carbocycles. The number of halogens is 2. The van der Waals surface area contributed by atoms with Crippen LogP contribution in [-0.2, 0) is 11.3 Å². The summed E-state index contributed by atoms with van der Waals surface area (Å²) in [7, 11) is 1.61. The Morgan fingerprint density at radius 3 is 2.62 bits per heavy atom. The number of carbonyl (C=O) groups is 1. The zero-order valence-corrected chi connectivity index (χ0v) is 15.5. The Hall–Kier alpha value is -0.970. The van der Waals surface area contributed by atoms with Gasteiger partial charge in [-0.15, -0.1) is 12.4 Å². The molecule has 134 valence electrons. The average Bonchev–Trinajstić information content (AvgIpc) is 2.53. The number of rotatable bonds is 4. The maximum atomic E-state index is 12.6. The number of ether oxygens (including phenoxy) is 1. The van der Waals surface area contributed by atoms with Gasteiger partial charge in [-0.05, 0) is 49.7 Å². The molecule has 24 heavy (non-hydrogen) atoms. The molecule has 1 amide bonds. The predicted octanol–water partition coefficient (Wildman–Crippen LogP) is 3.54. The van der Waals surface area contributed by atoms with Crippen molar-refractivity contribution in [3.8, 4) is 5.75 Å². The molecular weight excluding hydrogens is 347 g/mol. The SMILES string of the molecule is COc1cc(Cl)ccc1CNC(=O)C1CC2CCCC(C1)C2N.Cl. The summed E-state index contributed by atoms with van der Waals surface area (Å²) in [6.07, 6.45) is 5.47. The van der Waals surface area contributed by atoms with Gasteiger partial charge >= 0.3 is 0 Å². The zero-order valence-electron chi connectivity index (χ0n) is 14.0. The minimum absolute atomic E-state index is 0. The fourth-order valence-corrected chi connectivity index (χ4v) is 4.36. The van der Waals surface area contributed by atoms with E-state index < -0.39 is 0 Å². The van der Waals surface area contributed by atoms with Gasteiger partial charge in [-0.2, -0.15) is 0 Å². The summed E-state index contributed by atoms with van der Waals surface area (Å²) in [4.78, 5) is 12.6. The maximum Gasteiger partial charge on any atom is 0.223 e. The third-order valence-corrected chi connectivity index (χ3v) is 5.72. The monoisotopic (exact) mass is 372 g/mol. The highest BCUT2D eigenvalue weighted by Crippen LogP contribution is 2.41. The van der Waals surface area contributed by atoms with Crippen molar-refractivity contribution in [2.45, 2.75) is 44.7 Å². The van der Waals surface area contributed by atoms with Gasteiger partial charge in [0.2, 0.25) is 5.91 Å². The largest absolute Gasteiger partial charge is 0.496 e. The zero-order chi connectivity index (χ0) is 16.4. The molecule has 0 radical (unpaired) electrons. The normalized spacial score (nSPS) is 28.6. The van der Waals surface area contributed by atoms with Gasteiger partial charge in [0.05, 0.1) is 7.11 Å². The molecule has 0 heterocycles. The first kappa shape index (κ1) is 19.4. The Morgan fingerprint density at radius 2 is 2.00 bits per heavy atom. The molecule has 4 nitrogen and oxygen atoms in total. The van der Waals surface area contributed by atoms with E-state index in [2.05, 4.69) is 5.32 Å². The Balaban J connectivity index is 0.00000208. The smallest absolute Gasteiger partial charge is 0.223 e. The quantitative estimate of drug-likeness (QED) is 0.849. The molecule has 6 heteroatoms. The Kier molecular flexibility index (Phi) is 6.79. The van der Waals surface area contributed by atoms with Crippen LogP contribution in [0.1, 0.15) is 37.7 Å². The lowest BCUT2D eigenvalue weighted by Gasteiger charge is -2.43. The van der Waals surface area contributed by atoms with E-state index in [0.717, 1.165) is 18.4 Å². The number of nitrogens with one attached hydrogen (secondary N) is 1. The molecule has 3 N–H and O–H groups in total. The first-order valence-corrected chi connectivity index (χ1v) is 8.82. The summed E-state index contributed by atoms with van der Waals surface area (Å²) in [6, 6.07) is 5.78. The average molecular weight is 373 g/mol. The van der Waals surface area contributed by atoms with Gasteiger partial charge in [-0.25, -0.2) is 0 Å². The van der Waals surface area contributed by atoms with Crippen LogP contribution in [0, 0.1) is 17.8 Å². The van der Waals surface area contributed by atoms with Crippen molar-refractivity contribution in [3.63, 3.8) is 0 Å². The van der Waals surface area contributed by atoms with E-state index in [-0.39, 0.29) is 24.2 Å². The summed E-state index contributed by atoms with van der Waals surface area (Å²) in [5.74, 6) is 1.99. The third kappa shape index (κ3) is 4.16. The molecule has 2 bridgehead atoms. The van der Waals surface area contributed by atoms with Gasteiger partial charge in [0.15, 0.2) is 0 Å². The highest BCUT2D eigenvalue weighted by molar-refractivity contribution is 6.30. The second kappa shape index (κ2) is 8.41. The van der Waals surface area contributed by atoms with Crippen LogP contribution in [0.25, 0.3) is 0 Å². The van der Waals surface area contributed by atoms with Gasteiger partial charge in [0.1, 0.15) is 5.75 Å². The standard InChI is InChI=1S/C18H25ClN2O2.ClH/c1-23-16-9-15(19)6-5-13(16)10-21-18(22)14-7-11-3-2-4-12(8-14)17(11)20;/h5-6,9,11-12,14,17H,2-4,7-8,10,20H2,1H3,(H,21,22);1H. The van der Waals surface area contributed by atoms with Crippen molar-refractivity contribution < 1.29 is 9.53 Å². The Bertz CT molecular complexity index is 568. The van der Waals surface area contributed by atoms with Gasteiger partial charge in [-0.1, -0.05) is 24.1 Å². The fraction of sp³-hybridized carbons (Fsp3) is 0.611. The first-order valence-electron chi connectivity index (χ1n) is 8.44. The molecule has 1 aromatic carbocycles. The molecular formula is C18H26Cl2N2O2. The lowest BCUT2D eigenvalue weighted by molar-refractivity contribution is -0.128. The first-order chi connectivity index (χ1) is 11.1. The van der Waals surface area contributed by atoms with Crippen LogP contribution < -0.4 is 15.8 Å². The fourth-order valence-electron chi connectivity index (χ4n) is 4.19. The molecule has 1 aromatic rings. The minimum atomic E-state index is 0. The molecule has 3 rings (SSSR count). The summed E-state index contributed by atoms with van der Waals surface area (Å²) in [5.41, 5.74) is 7.25. The lowest BCUT2D eigenvalue weighted by atomic mass is 9.65. The van der Waals surface area contributed by atoms with E-state index >= 15 is 0 Å². The number of amides is 1. The number of nitrogens with two attached hydrogens (primary N) is 1. The molecule has 0 spiro atoms. The van der Waals surface area contributed by atoms with Crippen molar-refractivity contribution in [1.82, 2.24) is 5.32 Å². The second-order valence-corrected chi connectivity index (χ2v) is 7.31. The van der Waals surface area contributed by atoms with Gasteiger partial charge < -0.3 is 15.8 Å². The third-order valence-electron chi connectivity index (χ3n) is 5.49. The highest BCUT2D eigenvalue weighted by Gasteiger charge is 2.40. The highest BCUT2D eigenvalue weighted by atomic mass is 35.5. The lowest BCUT2D eigenvalue weighted by Crippen LogP contribution is -2.49. The summed E-state index contributed by atoms with van der Waals surface area (Å²) in [6.45, 7) is 0.469. The van der Waals surface area contributed by atoms with Crippen molar-refractivity contribution in [1.29, 1.82) is 0 Å². The van der Waals surface area contributed by atoms with Crippen molar-refractivity contribution in [2.24, 2.45) is 23.5 Å². The van der Waals surface area contributed by atoms with Crippen LogP contribution in [0.4, 0.5) is 0 Å². The van der Waals surface area contributed by atoms with Crippen LogP contribution in [-0.4, -0.2) is 19.1 Å². The molecule has 2 atom stereocenters. The number of hydrogen-bond donors (Lipinski definition) is 2. The summed E-state index contributed by atoms with van der Waals surface area (Å²) < 4.78 is 5.33. The van der Waals surface area contributed by atoms with Crippen LogP contribution in [0.2, 0.25) is 5.02 Å². The van der Waals surface area contributed by atoms with Crippen molar-refractivity contribution in [3.05, 3.63) is 28.8 Å². The van der Waals surface area contributed by atoms with E-state index in [1.807, 2.05) is 12.1 Å². The van der Waals surface area contributed by atoms with Gasteiger partial charge in [0, 0.05) is 29.1 Å². The summed E-state index contributed by atoms with van der Waals surface area (Å²) >= 11 is 5.97. The number of benzene rings is 1. The van der Waals surface area contributed by atoms with E-state index in [4.69, 9.17) is 22.1 Å². The van der Waals surface area contributed by atoms with E-state index in [1.165, 1.54) is 19.3 Å². The van der Waals surface area contributed by atoms with Crippen LogP contribution in [0.15, 0.2) is 18.2 Å². The molecule has 0 saturated heterocycles. The Morgan fingerprint density at radius 1 is 1.33 bits per heavy atom. The van der Waals surface area contributed by atoms with E-state index in [1.54, 1.807) is 13.2 Å². The van der Waals surface area contributed by atoms with Crippen LogP contribution in [0.3, 0.4) is 0 Å². The van der Waals surface area contributed by atoms with Crippen molar-refractivity contribution in [2.75, 3.05) is 7.11 Å². The molecule has 2 unspecified atom stereocenters. The minimum Gasteiger partial charge on any atom is -0.496 e. The number of hydrogen-bond acceptors (Lipinski definition) is 3. The topological polar surface area (TPSA) is 64.3 Å². The van der Waals surface area contributed by atoms with Gasteiger partial charge in [0.25, 0.3) is 0 Å². The number of methoxy groups -OCH3 is 1. The van der Waals surface area contributed by atoms with Crippen LogP contribution in [0.5, 0.6) is 5.75 Å². The molecule has 2 aliphatic rings.